The molecule has 1 aromatic rings. The molecular weight excluding hydrogens is 595 g/mol. The number of hydrogen-bond acceptors (Lipinski definition) is 6. The minimum absolute atomic E-state index is 1.18. The first-order valence-electron chi connectivity index (χ1n) is 10.2. The van der Waals surface area contributed by atoms with Crippen LogP contribution < -0.4 is 4.57 Å². The maximum absolute atomic E-state index is 12.0. The SMILES string of the molecule is CCCCCCCCn1cc[n+](C)c1C.O=S(=O)([C-](S(=O)(=O)C(F)(F)F)S(=O)(=O)C(F)(F)F)C(F)(F)F. The van der Waals surface area contributed by atoms with E-state index in [1.807, 2.05) is 0 Å². The molecule has 1 rings (SSSR count). The van der Waals surface area contributed by atoms with E-state index in [1.54, 1.807) is 0 Å². The van der Waals surface area contributed by atoms with Crippen molar-refractivity contribution < 1.29 is 69.3 Å². The predicted octanol–water partition coefficient (Wildman–Crippen LogP) is 4.22. The molecule has 20 heteroatoms. The second kappa shape index (κ2) is 12.5. The fourth-order valence-corrected chi connectivity index (χ4v) is 8.35. The maximum atomic E-state index is 12.0. The van der Waals surface area contributed by atoms with Crippen molar-refractivity contribution in [3.63, 3.8) is 0 Å². The summed E-state index contributed by atoms with van der Waals surface area (Å²) in [5, 5.41) is 0. The van der Waals surface area contributed by atoms with Crippen LogP contribution in [0.1, 0.15) is 51.3 Å². The summed E-state index contributed by atoms with van der Waals surface area (Å²) in [4.78, 5) is 0. The highest BCUT2D eigenvalue weighted by Crippen LogP contribution is 2.47. The van der Waals surface area contributed by atoms with E-state index >= 15 is 0 Å². The minimum Gasteiger partial charge on any atom is -0.251 e. The molecule has 8 nitrogen and oxygen atoms in total. The number of hydrogen-bond donors (Lipinski definition) is 0. The molecule has 0 spiro atoms. The quantitative estimate of drug-likeness (QED) is 0.168. The van der Waals surface area contributed by atoms with Crippen molar-refractivity contribution in [2.45, 2.75) is 75.4 Å². The monoisotopic (exact) mass is 620 g/mol. The van der Waals surface area contributed by atoms with Crippen molar-refractivity contribution in [3.05, 3.63) is 22.1 Å². The average molecular weight is 621 g/mol. The van der Waals surface area contributed by atoms with Crippen LogP contribution in [0.15, 0.2) is 12.4 Å². The van der Waals surface area contributed by atoms with Crippen LogP contribution in [-0.2, 0) is 43.1 Å². The Morgan fingerprint density at radius 1 is 0.730 bits per heavy atom. The van der Waals surface area contributed by atoms with E-state index < -0.39 is 50.0 Å². The summed E-state index contributed by atoms with van der Waals surface area (Å²) < 4.78 is 172. The third kappa shape index (κ3) is 8.72. The van der Waals surface area contributed by atoms with Crippen LogP contribution in [-0.4, -0.2) is 46.3 Å². The fourth-order valence-electron chi connectivity index (χ4n) is 2.61. The summed E-state index contributed by atoms with van der Waals surface area (Å²) >= 11 is 0. The van der Waals surface area contributed by atoms with Crippen LogP contribution in [0.25, 0.3) is 0 Å². The smallest absolute Gasteiger partial charge is 0.251 e. The Hall–Kier alpha value is -1.57. The largest absolute Gasteiger partial charge is 0.470 e. The molecule has 0 aliphatic carbocycles. The highest BCUT2D eigenvalue weighted by molar-refractivity contribution is 8.29. The molecule has 0 aliphatic heterocycles. The van der Waals surface area contributed by atoms with Gasteiger partial charge in [0.2, 0.25) is 0 Å². The topological polar surface area (TPSA) is 111 Å². The predicted molar refractivity (Wildman–Crippen MR) is 112 cm³/mol. The molecule has 1 aromatic heterocycles. The van der Waals surface area contributed by atoms with Gasteiger partial charge in [0.25, 0.3) is 5.82 Å². The van der Waals surface area contributed by atoms with Crippen LogP contribution in [0.5, 0.6) is 0 Å². The lowest BCUT2D eigenvalue weighted by Crippen LogP contribution is -2.47. The van der Waals surface area contributed by atoms with E-state index in [4.69, 9.17) is 0 Å². The van der Waals surface area contributed by atoms with Gasteiger partial charge in [0.15, 0.2) is 29.5 Å². The molecule has 0 unspecified atom stereocenters. The number of aryl methyl sites for hydroxylation is 2. The number of sulfone groups is 3. The molecule has 1 heterocycles. The fraction of sp³-hybridized carbons (Fsp3) is 0.765. The number of imidazole rings is 1. The zero-order valence-corrected chi connectivity index (χ0v) is 22.0. The molecule has 220 valence electrons. The summed E-state index contributed by atoms with van der Waals surface area (Å²) in [7, 11) is -22.0. The molecular formula is C17H25F9N2O6S3. The second-order valence-electron chi connectivity index (χ2n) is 7.51. The maximum Gasteiger partial charge on any atom is 0.470 e. The van der Waals surface area contributed by atoms with Crippen molar-refractivity contribution in [2.24, 2.45) is 7.05 Å². The zero-order valence-electron chi connectivity index (χ0n) is 19.6. The average Bonchev–Trinajstić information content (AvgIpc) is 3.00. The van der Waals surface area contributed by atoms with Gasteiger partial charge in [0.1, 0.15) is 12.4 Å². The van der Waals surface area contributed by atoms with E-state index in [-0.39, 0.29) is 0 Å². The first kappa shape index (κ1) is 35.4. The van der Waals surface area contributed by atoms with Crippen LogP contribution in [0.2, 0.25) is 0 Å². The van der Waals surface area contributed by atoms with Crippen LogP contribution in [0.4, 0.5) is 39.5 Å². The van der Waals surface area contributed by atoms with Crippen molar-refractivity contribution in [2.75, 3.05) is 0 Å². The van der Waals surface area contributed by atoms with Crippen molar-refractivity contribution in [1.29, 1.82) is 0 Å². The standard InChI is InChI=1S/C13H25N2.C4F9O6S3/c1-4-5-6-7-8-9-10-15-12-11-14(3)13(15)2;5-2(6,7)20(14,15)1(21(16,17)3(8,9)10)22(18,19)4(11,12)13/h11-12H,4-10H2,1-3H3;/q+1;-1. The van der Waals surface area contributed by atoms with Crippen molar-refractivity contribution >= 4 is 29.5 Å². The normalized spacial score (nSPS) is 14.0. The van der Waals surface area contributed by atoms with E-state index in [0.717, 1.165) is 0 Å². The number of rotatable bonds is 10. The molecule has 0 aromatic carbocycles. The molecule has 0 aliphatic rings. The molecule has 0 fully saturated rings. The van der Waals surface area contributed by atoms with Gasteiger partial charge in [-0.3, -0.25) is 25.3 Å². The Bertz CT molecular complexity index is 1100. The van der Waals surface area contributed by atoms with Gasteiger partial charge in [-0.2, -0.15) is 39.5 Å². The van der Waals surface area contributed by atoms with Gasteiger partial charge >= 0.3 is 16.5 Å². The van der Waals surface area contributed by atoms with Crippen LogP contribution >= 0.6 is 0 Å². The Balaban J connectivity index is 0.000000749. The summed E-state index contributed by atoms with van der Waals surface area (Å²) in [5.41, 5.74) is -21.2. The molecule has 0 radical (unpaired) electrons. The Morgan fingerprint density at radius 2 is 1.08 bits per heavy atom. The molecule has 0 atom stereocenters. The molecule has 0 amide bonds. The lowest BCUT2D eigenvalue weighted by atomic mass is 10.1. The van der Waals surface area contributed by atoms with Crippen LogP contribution in [0.3, 0.4) is 0 Å². The summed E-state index contributed by atoms with van der Waals surface area (Å²) in [5.74, 6) is 1.35. The van der Waals surface area contributed by atoms with Crippen LogP contribution in [0, 0.1) is 10.8 Å². The lowest BCUT2D eigenvalue weighted by molar-refractivity contribution is -0.677. The first-order chi connectivity index (χ1) is 16.4. The summed E-state index contributed by atoms with van der Waals surface area (Å²) in [6, 6.07) is 0. The molecule has 0 saturated heterocycles. The zero-order chi connectivity index (χ0) is 29.7. The van der Waals surface area contributed by atoms with Gasteiger partial charge < -0.3 is 0 Å². The third-order valence-corrected chi connectivity index (χ3v) is 11.8. The van der Waals surface area contributed by atoms with E-state index in [0.29, 0.717) is 0 Å². The highest BCUT2D eigenvalue weighted by atomic mass is 32.3. The number of halogens is 9. The Morgan fingerprint density at radius 3 is 1.38 bits per heavy atom. The number of alkyl halides is 9. The van der Waals surface area contributed by atoms with Gasteiger partial charge in [-0.1, -0.05) is 32.6 Å². The van der Waals surface area contributed by atoms with Gasteiger partial charge in [-0.05, 0) is 12.8 Å². The molecule has 0 bridgehead atoms. The minimum atomic E-state index is -8.02. The number of unbranched alkanes of at least 4 members (excludes halogenated alkanes) is 5. The highest BCUT2D eigenvalue weighted by Gasteiger charge is 2.63. The third-order valence-electron chi connectivity index (χ3n) is 4.72. The van der Waals surface area contributed by atoms with Gasteiger partial charge in [-0.15, -0.1) is 0 Å². The van der Waals surface area contributed by atoms with Gasteiger partial charge in [-0.25, -0.2) is 9.13 Å². The number of nitrogens with zero attached hydrogens (tertiary/aromatic N) is 2. The number of aromatic nitrogens is 2. The van der Waals surface area contributed by atoms with Crippen molar-refractivity contribution in [3.8, 4) is 0 Å². The Kier molecular flexibility index (Phi) is 12.0. The summed E-state index contributed by atoms with van der Waals surface area (Å²) in [6.07, 6.45) is 12.6. The van der Waals surface area contributed by atoms with Gasteiger partial charge in [0.05, 0.1) is 17.5 Å². The summed E-state index contributed by atoms with van der Waals surface area (Å²) in [6.45, 7) is 5.62. The van der Waals surface area contributed by atoms with Crippen molar-refractivity contribution in [1.82, 2.24) is 4.57 Å². The van der Waals surface area contributed by atoms with E-state index in [2.05, 4.69) is 42.4 Å². The molecule has 0 saturated carbocycles. The van der Waals surface area contributed by atoms with E-state index in [1.165, 1.54) is 50.9 Å². The molecule has 37 heavy (non-hydrogen) atoms. The molecule has 0 N–H and O–H groups in total. The lowest BCUT2D eigenvalue weighted by Gasteiger charge is -2.31. The second-order valence-corrected chi connectivity index (χ2v) is 13.9. The van der Waals surface area contributed by atoms with E-state index in [9.17, 15) is 64.8 Å². The Labute approximate surface area is 208 Å². The first-order valence-corrected chi connectivity index (χ1v) is 14.6. The van der Waals surface area contributed by atoms with Gasteiger partial charge in [0, 0.05) is 6.92 Å².